The van der Waals surface area contributed by atoms with Crippen LogP contribution in [-0.2, 0) is 14.8 Å². The molecule has 2 fully saturated rings. The number of aromatic nitrogens is 1. The molecular formula is C20H25N3O4S. The maximum absolute atomic E-state index is 12.8. The fourth-order valence-electron chi connectivity index (χ4n) is 4.00. The van der Waals surface area contributed by atoms with E-state index in [1.807, 2.05) is 41.3 Å². The van der Waals surface area contributed by atoms with Crippen molar-refractivity contribution < 1.29 is 17.9 Å². The lowest BCUT2D eigenvalue weighted by molar-refractivity contribution is -0.135. The van der Waals surface area contributed by atoms with Crippen LogP contribution >= 0.6 is 0 Å². The highest BCUT2D eigenvalue weighted by Crippen LogP contribution is 2.25. The van der Waals surface area contributed by atoms with E-state index in [1.54, 1.807) is 0 Å². The SMILES string of the molecule is CS(=O)(=O)N1CCC(C(=O)N2CCC(Oc3ccc4ccccc4n3)C2)CC1. The average Bonchev–Trinajstić information content (AvgIpc) is 3.15. The van der Waals surface area contributed by atoms with Gasteiger partial charge in [0.25, 0.3) is 0 Å². The molecule has 0 radical (unpaired) electrons. The second-order valence-corrected chi connectivity index (χ2v) is 9.57. The lowest BCUT2D eigenvalue weighted by atomic mass is 9.97. The van der Waals surface area contributed by atoms with E-state index < -0.39 is 10.0 Å². The highest BCUT2D eigenvalue weighted by atomic mass is 32.2. The monoisotopic (exact) mass is 403 g/mol. The number of carbonyl (C=O) groups excluding carboxylic acids is 1. The molecule has 3 heterocycles. The number of benzene rings is 1. The smallest absolute Gasteiger partial charge is 0.225 e. The number of likely N-dealkylation sites (tertiary alicyclic amines) is 1. The highest BCUT2D eigenvalue weighted by molar-refractivity contribution is 7.88. The molecule has 1 unspecified atom stereocenters. The molecule has 2 aliphatic rings. The lowest BCUT2D eigenvalue weighted by Crippen LogP contribution is -2.43. The summed E-state index contributed by atoms with van der Waals surface area (Å²) in [5.41, 5.74) is 0.892. The van der Waals surface area contributed by atoms with Crippen LogP contribution in [0.1, 0.15) is 19.3 Å². The molecule has 150 valence electrons. The maximum atomic E-state index is 12.8. The molecule has 0 aliphatic carbocycles. The van der Waals surface area contributed by atoms with Gasteiger partial charge >= 0.3 is 0 Å². The molecule has 1 atom stereocenters. The molecule has 1 amide bonds. The Labute approximate surface area is 165 Å². The molecule has 7 nitrogen and oxygen atoms in total. The van der Waals surface area contributed by atoms with Crippen molar-refractivity contribution in [1.82, 2.24) is 14.2 Å². The van der Waals surface area contributed by atoms with Crippen molar-refractivity contribution in [1.29, 1.82) is 0 Å². The third-order valence-corrected chi connectivity index (χ3v) is 6.89. The minimum atomic E-state index is -3.17. The van der Waals surface area contributed by atoms with Crippen molar-refractivity contribution in [2.75, 3.05) is 32.4 Å². The van der Waals surface area contributed by atoms with E-state index in [0.29, 0.717) is 44.9 Å². The molecule has 1 aromatic heterocycles. The molecule has 2 saturated heterocycles. The summed E-state index contributed by atoms with van der Waals surface area (Å²) >= 11 is 0. The van der Waals surface area contributed by atoms with E-state index in [4.69, 9.17) is 4.74 Å². The summed E-state index contributed by atoms with van der Waals surface area (Å²) < 4.78 is 30.7. The third kappa shape index (κ3) is 4.12. The van der Waals surface area contributed by atoms with Gasteiger partial charge in [-0.15, -0.1) is 0 Å². The summed E-state index contributed by atoms with van der Waals surface area (Å²) in [6.07, 6.45) is 3.11. The van der Waals surface area contributed by atoms with Crippen molar-refractivity contribution in [3.05, 3.63) is 36.4 Å². The van der Waals surface area contributed by atoms with Crippen LogP contribution in [0.2, 0.25) is 0 Å². The summed E-state index contributed by atoms with van der Waals surface area (Å²) in [5, 5.41) is 1.07. The fraction of sp³-hybridized carbons (Fsp3) is 0.500. The summed E-state index contributed by atoms with van der Waals surface area (Å²) in [6, 6.07) is 11.8. The van der Waals surface area contributed by atoms with Crippen molar-refractivity contribution in [2.45, 2.75) is 25.4 Å². The number of nitrogens with zero attached hydrogens (tertiary/aromatic N) is 3. The summed E-state index contributed by atoms with van der Waals surface area (Å²) in [7, 11) is -3.17. The molecular weight excluding hydrogens is 378 g/mol. The lowest BCUT2D eigenvalue weighted by Gasteiger charge is -2.31. The first-order valence-electron chi connectivity index (χ1n) is 9.66. The van der Waals surface area contributed by atoms with Crippen LogP contribution in [0.15, 0.2) is 36.4 Å². The molecule has 8 heteroatoms. The Kier molecular flexibility index (Phi) is 5.25. The standard InChI is InChI=1S/C20H25N3O4S/c1-28(25,26)23-12-8-16(9-13-23)20(24)22-11-10-17(14-22)27-19-7-6-15-4-2-3-5-18(15)21-19/h2-7,16-17H,8-14H2,1H3. The zero-order chi connectivity index (χ0) is 19.7. The molecule has 0 N–H and O–H groups in total. The molecule has 28 heavy (non-hydrogen) atoms. The van der Waals surface area contributed by atoms with Crippen LogP contribution in [0.25, 0.3) is 10.9 Å². The minimum Gasteiger partial charge on any atom is -0.472 e. The van der Waals surface area contributed by atoms with Gasteiger partial charge in [-0.1, -0.05) is 18.2 Å². The number of rotatable bonds is 4. The van der Waals surface area contributed by atoms with E-state index in [2.05, 4.69) is 4.98 Å². The van der Waals surface area contributed by atoms with Gasteiger partial charge in [-0.05, 0) is 25.0 Å². The van der Waals surface area contributed by atoms with Crippen molar-refractivity contribution in [3.8, 4) is 5.88 Å². The fourth-order valence-corrected chi connectivity index (χ4v) is 4.88. The van der Waals surface area contributed by atoms with Crippen molar-refractivity contribution >= 4 is 26.8 Å². The molecule has 2 aliphatic heterocycles. The number of para-hydroxylation sites is 1. The first-order chi connectivity index (χ1) is 13.4. The van der Waals surface area contributed by atoms with Gasteiger partial charge < -0.3 is 9.64 Å². The van der Waals surface area contributed by atoms with Crippen LogP contribution < -0.4 is 4.74 Å². The first-order valence-corrected chi connectivity index (χ1v) is 11.5. The highest BCUT2D eigenvalue weighted by Gasteiger charge is 2.35. The normalized spacial score (nSPS) is 21.9. The van der Waals surface area contributed by atoms with Crippen LogP contribution in [-0.4, -0.2) is 67.1 Å². The van der Waals surface area contributed by atoms with Crippen LogP contribution in [0.5, 0.6) is 5.88 Å². The number of hydrogen-bond acceptors (Lipinski definition) is 5. The minimum absolute atomic E-state index is 0.0614. The molecule has 2 aromatic rings. The van der Waals surface area contributed by atoms with Gasteiger partial charge in [0, 0.05) is 43.4 Å². The van der Waals surface area contributed by atoms with Gasteiger partial charge in [0.05, 0.1) is 18.3 Å². The van der Waals surface area contributed by atoms with Gasteiger partial charge in [0.1, 0.15) is 6.10 Å². The van der Waals surface area contributed by atoms with E-state index in [-0.39, 0.29) is 17.9 Å². The molecule has 4 rings (SSSR count). The number of piperidine rings is 1. The van der Waals surface area contributed by atoms with E-state index in [0.717, 1.165) is 17.3 Å². The maximum Gasteiger partial charge on any atom is 0.225 e. The van der Waals surface area contributed by atoms with E-state index >= 15 is 0 Å². The third-order valence-electron chi connectivity index (χ3n) is 5.59. The predicted octanol–water partition coefficient (Wildman–Crippen LogP) is 1.89. The van der Waals surface area contributed by atoms with Gasteiger partial charge in [-0.25, -0.2) is 17.7 Å². The summed E-state index contributed by atoms with van der Waals surface area (Å²) in [6.45, 7) is 2.07. The van der Waals surface area contributed by atoms with E-state index in [1.165, 1.54) is 10.6 Å². The Morgan fingerprint density at radius 2 is 1.82 bits per heavy atom. The number of fused-ring (bicyclic) bond motifs is 1. The molecule has 0 bridgehead atoms. The number of amides is 1. The summed E-state index contributed by atoms with van der Waals surface area (Å²) in [5.74, 6) is 0.598. The Morgan fingerprint density at radius 3 is 2.57 bits per heavy atom. The van der Waals surface area contributed by atoms with Gasteiger partial charge in [-0.3, -0.25) is 4.79 Å². The zero-order valence-corrected chi connectivity index (χ0v) is 16.8. The summed E-state index contributed by atoms with van der Waals surface area (Å²) in [4.78, 5) is 19.2. The van der Waals surface area contributed by atoms with Crippen LogP contribution in [0.4, 0.5) is 0 Å². The Balaban J connectivity index is 1.33. The second kappa shape index (κ2) is 7.67. The topological polar surface area (TPSA) is 79.8 Å². The van der Waals surface area contributed by atoms with Gasteiger partial charge in [0.2, 0.25) is 21.8 Å². The quantitative estimate of drug-likeness (QED) is 0.779. The van der Waals surface area contributed by atoms with Crippen LogP contribution in [0.3, 0.4) is 0 Å². The molecule has 0 saturated carbocycles. The second-order valence-electron chi connectivity index (χ2n) is 7.59. The number of hydrogen-bond donors (Lipinski definition) is 0. The number of carbonyl (C=O) groups is 1. The number of sulfonamides is 1. The average molecular weight is 404 g/mol. The molecule has 0 spiro atoms. The largest absolute Gasteiger partial charge is 0.472 e. The Hall–Kier alpha value is -2.19. The first kappa shape index (κ1) is 19.1. The van der Waals surface area contributed by atoms with Gasteiger partial charge in [0.15, 0.2) is 0 Å². The van der Waals surface area contributed by atoms with E-state index in [9.17, 15) is 13.2 Å². The Bertz CT molecular complexity index is 970. The number of pyridine rings is 1. The predicted molar refractivity (Wildman–Crippen MR) is 106 cm³/mol. The van der Waals surface area contributed by atoms with Crippen molar-refractivity contribution in [2.24, 2.45) is 5.92 Å². The number of ether oxygens (including phenoxy) is 1. The molecule has 1 aromatic carbocycles. The van der Waals surface area contributed by atoms with Crippen LogP contribution in [0, 0.1) is 5.92 Å². The Morgan fingerprint density at radius 1 is 1.07 bits per heavy atom. The van der Waals surface area contributed by atoms with Crippen molar-refractivity contribution in [3.63, 3.8) is 0 Å². The zero-order valence-electron chi connectivity index (χ0n) is 16.0. The van der Waals surface area contributed by atoms with Gasteiger partial charge in [-0.2, -0.15) is 0 Å².